The summed E-state index contributed by atoms with van der Waals surface area (Å²) < 4.78 is 49.0. The average Bonchev–Trinajstić information content (AvgIpc) is 4.13. The van der Waals surface area contributed by atoms with Gasteiger partial charge in [-0.25, -0.2) is 23.7 Å². The number of phenolic OH excluding ortho intramolecular Hbond substituents is 2. The zero-order valence-corrected chi connectivity index (χ0v) is 45.3. The Morgan fingerprint density at radius 1 is 0.896 bits per heavy atom. The second-order valence-corrected chi connectivity index (χ2v) is 22.1. The van der Waals surface area contributed by atoms with Crippen molar-refractivity contribution in [2.24, 2.45) is 5.92 Å². The average molecular weight is 1070 g/mol. The number of nitrogens with zero attached hydrogens (tertiary/aromatic N) is 7. The number of amides is 1. The van der Waals surface area contributed by atoms with Gasteiger partial charge in [-0.3, -0.25) is 18.4 Å². The lowest BCUT2D eigenvalue weighted by Crippen LogP contribution is -2.46. The first-order valence-corrected chi connectivity index (χ1v) is 28.3. The molecule has 3 aliphatic rings. The van der Waals surface area contributed by atoms with Crippen molar-refractivity contribution < 1.29 is 52.5 Å². The number of rotatable bonds is 19. The van der Waals surface area contributed by atoms with Gasteiger partial charge in [-0.2, -0.15) is 0 Å². The number of piperidine rings is 1. The molecule has 19 nitrogen and oxygen atoms in total. The number of phosphoric acid groups is 1. The van der Waals surface area contributed by atoms with E-state index in [4.69, 9.17) is 28.0 Å². The predicted octanol–water partition coefficient (Wildman–Crippen LogP) is 11.2. The highest BCUT2D eigenvalue weighted by atomic mass is 31.2. The molecule has 20 heteroatoms. The number of cyclic esters (lactones) is 1. The van der Waals surface area contributed by atoms with Crippen LogP contribution in [0.25, 0.3) is 50.3 Å². The van der Waals surface area contributed by atoms with Crippen molar-refractivity contribution in [2.75, 3.05) is 26.3 Å². The Bertz CT molecular complexity index is 3510. The van der Waals surface area contributed by atoms with Gasteiger partial charge in [-0.05, 0) is 123 Å². The summed E-state index contributed by atoms with van der Waals surface area (Å²) in [5.74, 6) is 0.0105. The number of fused-ring (bicyclic) bond motifs is 6. The molecule has 7 heterocycles. The van der Waals surface area contributed by atoms with Gasteiger partial charge in [-0.15, -0.1) is 5.10 Å². The monoisotopic (exact) mass is 1070 g/mol. The van der Waals surface area contributed by atoms with Gasteiger partial charge >= 0.3 is 25.9 Å². The first-order valence-electron chi connectivity index (χ1n) is 26.9. The highest BCUT2D eigenvalue weighted by Crippen LogP contribution is 2.58. The fraction of sp³-hybridized carbons (Fsp3) is 0.439. The number of hydrogen-bond acceptors (Lipinski definition) is 15. The van der Waals surface area contributed by atoms with E-state index in [2.05, 4.69) is 14.8 Å². The fourth-order valence-electron chi connectivity index (χ4n) is 11.0. The fourth-order valence-corrected chi connectivity index (χ4v) is 12.6. The summed E-state index contributed by atoms with van der Waals surface area (Å²) in [6.07, 6.45) is 7.50. The Balaban J connectivity index is 0.810. The predicted molar refractivity (Wildman–Crippen MR) is 288 cm³/mol. The lowest BCUT2D eigenvalue weighted by Gasteiger charge is -2.37. The standard InChI is InChI=1S/C57H66N7O12P/c1-7-11-25-73-77(71,74-26-12-8-2)76-57(10-4)45-30-48-51-43(32-63(48)53(67)44(45)33-72-54(57)68)39(9-3)41-28-38(14-15-46(41)58-51)75-56(70)62-22-18-35(19-23-62)17-21-61-24-20-36-27-37(13-16-47(36)61)64-52(59-60-55(64)69)42-29-40(34(5)6)49(65)31-50(42)66/h13-16,20,24,27-31,34-35,65-66H,7-12,17-19,21-23,25-26,32-33H2,1-6H3,(H,60,69). The molecule has 3 aliphatic heterocycles. The molecule has 3 N–H and O–H groups in total. The van der Waals surface area contributed by atoms with Crippen molar-refractivity contribution in [2.45, 2.75) is 131 Å². The van der Waals surface area contributed by atoms with Crippen LogP contribution in [0.5, 0.6) is 23.3 Å². The number of hydrogen-bond donors (Lipinski definition) is 3. The van der Waals surface area contributed by atoms with Crippen LogP contribution in [0.2, 0.25) is 0 Å². The smallest absolute Gasteiger partial charge is 0.476 e. The molecule has 10 rings (SSSR count). The largest absolute Gasteiger partial charge is 0.508 e. The quantitative estimate of drug-likeness (QED) is 0.0388. The molecule has 406 valence electrons. The summed E-state index contributed by atoms with van der Waals surface area (Å²) in [7, 11) is -4.32. The first kappa shape index (κ1) is 53.4. The molecule has 0 radical (unpaired) electrons. The number of unbranched alkanes of at least 4 members (excludes halogenated alkanes) is 2. The van der Waals surface area contributed by atoms with Crippen molar-refractivity contribution in [3.8, 4) is 51.7 Å². The summed E-state index contributed by atoms with van der Waals surface area (Å²) in [5.41, 5.74) is 4.27. The molecule has 0 aliphatic carbocycles. The molecule has 4 aromatic heterocycles. The van der Waals surface area contributed by atoms with Crippen LogP contribution < -0.4 is 10.3 Å². The zero-order chi connectivity index (χ0) is 54.3. The van der Waals surface area contributed by atoms with Crippen LogP contribution in [0.15, 0.2) is 71.7 Å². The molecule has 1 saturated heterocycles. The summed E-state index contributed by atoms with van der Waals surface area (Å²) in [5, 5.41) is 41.9. The third-order valence-electron chi connectivity index (χ3n) is 15.4. The van der Waals surface area contributed by atoms with Gasteiger partial charge < -0.3 is 38.8 Å². The van der Waals surface area contributed by atoms with Crippen LogP contribution in [0.1, 0.15) is 127 Å². The number of phosphoric ester groups is 1. The molecule has 1 fully saturated rings. The number of aromatic hydroxyl groups is 3. The second-order valence-electron chi connectivity index (χ2n) is 20.5. The number of benzene rings is 3. The summed E-state index contributed by atoms with van der Waals surface area (Å²) in [4.78, 5) is 48.8. The SMILES string of the molecule is CCCCOP(=O)(OCCCC)OC1(CC)C(=O)OCc2c1cc1n(c2=O)Cc2c-1nc1ccc(OC(=O)N3CCC(CCn4ccc5cc(-n6c(O)nnc6-c6cc(C(C)C)c(O)cc6O)ccc54)CC3)cc1c2CC. The number of aryl methyl sites for hydroxylation is 2. The minimum atomic E-state index is -4.32. The third kappa shape index (κ3) is 9.98. The second kappa shape index (κ2) is 21.8. The summed E-state index contributed by atoms with van der Waals surface area (Å²) in [6.45, 7) is 13.6. The number of carbonyl (C=O) groups is 2. The highest BCUT2D eigenvalue weighted by molar-refractivity contribution is 7.48. The van der Waals surface area contributed by atoms with E-state index in [0.29, 0.717) is 77.7 Å². The van der Waals surface area contributed by atoms with Crippen LogP contribution in [-0.4, -0.2) is 87.5 Å². The molecule has 0 bridgehead atoms. The third-order valence-corrected chi connectivity index (χ3v) is 16.9. The lowest BCUT2D eigenvalue weighted by atomic mass is 9.86. The maximum atomic E-state index is 14.5. The molecule has 77 heavy (non-hydrogen) atoms. The normalized spacial score (nSPS) is 16.6. The van der Waals surface area contributed by atoms with Crippen LogP contribution in [0.3, 0.4) is 0 Å². The number of esters is 1. The number of pyridine rings is 2. The molecule has 0 saturated carbocycles. The van der Waals surface area contributed by atoms with Crippen molar-refractivity contribution in [3.05, 3.63) is 105 Å². The van der Waals surface area contributed by atoms with Crippen molar-refractivity contribution >= 4 is 41.7 Å². The van der Waals surface area contributed by atoms with E-state index in [1.54, 1.807) is 34.6 Å². The Kier molecular flexibility index (Phi) is 15.1. The van der Waals surface area contributed by atoms with Gasteiger partial charge in [0.2, 0.25) is 5.60 Å². The lowest BCUT2D eigenvalue weighted by molar-refractivity contribution is -0.171. The summed E-state index contributed by atoms with van der Waals surface area (Å²) in [6, 6.07) is 17.5. The van der Waals surface area contributed by atoms with E-state index in [1.807, 2.05) is 77.2 Å². The van der Waals surface area contributed by atoms with E-state index in [1.165, 1.54) is 10.6 Å². The van der Waals surface area contributed by atoms with Gasteiger partial charge in [0.15, 0.2) is 5.82 Å². The van der Waals surface area contributed by atoms with E-state index in [0.717, 1.165) is 66.1 Å². The van der Waals surface area contributed by atoms with E-state index in [-0.39, 0.29) is 78.7 Å². The zero-order valence-electron chi connectivity index (χ0n) is 44.4. The molecule has 7 aromatic rings. The maximum Gasteiger partial charge on any atom is 0.476 e. The molecular formula is C57H66N7O12P. The minimum absolute atomic E-state index is 0.00637. The first-order chi connectivity index (χ1) is 37.1. The van der Waals surface area contributed by atoms with Crippen LogP contribution in [0.4, 0.5) is 4.79 Å². The van der Waals surface area contributed by atoms with Crippen LogP contribution in [0, 0.1) is 5.92 Å². The van der Waals surface area contributed by atoms with E-state index < -0.39 is 25.5 Å². The summed E-state index contributed by atoms with van der Waals surface area (Å²) >= 11 is 0. The molecular weight excluding hydrogens is 1010 g/mol. The molecule has 1 amide bonds. The number of ether oxygens (including phenoxy) is 2. The Labute approximate surface area is 445 Å². The van der Waals surface area contributed by atoms with E-state index >= 15 is 0 Å². The molecule has 0 spiro atoms. The number of likely N-dealkylation sites (tertiary alicyclic amines) is 1. The molecule has 3 aromatic carbocycles. The Morgan fingerprint density at radius 2 is 1.65 bits per heavy atom. The van der Waals surface area contributed by atoms with Crippen molar-refractivity contribution in [1.82, 2.24) is 33.8 Å². The number of carbonyl (C=O) groups excluding carboxylic acids is 2. The topological polar surface area (TPSA) is 232 Å². The van der Waals surface area contributed by atoms with E-state index in [9.17, 15) is 34.3 Å². The van der Waals surface area contributed by atoms with Crippen LogP contribution in [-0.2, 0) is 59.4 Å². The van der Waals surface area contributed by atoms with Crippen molar-refractivity contribution in [3.63, 3.8) is 0 Å². The number of aromatic nitrogens is 6. The van der Waals surface area contributed by atoms with Crippen molar-refractivity contribution in [1.29, 1.82) is 0 Å². The van der Waals surface area contributed by atoms with Gasteiger partial charge in [-0.1, -0.05) is 59.5 Å². The van der Waals surface area contributed by atoms with Gasteiger partial charge in [0.1, 0.15) is 23.9 Å². The van der Waals surface area contributed by atoms with Gasteiger partial charge in [0.05, 0.1) is 53.5 Å². The number of phenols is 2. The Hall–Kier alpha value is -7.05. The Morgan fingerprint density at radius 3 is 2.35 bits per heavy atom. The van der Waals surface area contributed by atoms with Crippen LogP contribution >= 0.6 is 7.82 Å². The minimum Gasteiger partial charge on any atom is -0.508 e. The maximum absolute atomic E-state index is 14.5. The highest BCUT2D eigenvalue weighted by Gasteiger charge is 2.53. The molecule has 1 unspecified atom stereocenters. The van der Waals surface area contributed by atoms with Gasteiger partial charge in [0.25, 0.3) is 5.56 Å². The van der Waals surface area contributed by atoms with Gasteiger partial charge in [0, 0.05) is 59.3 Å². The molecule has 1 atom stereocenters.